The molecule has 0 atom stereocenters. The van der Waals surface area contributed by atoms with Gasteiger partial charge >= 0.3 is 0 Å². The van der Waals surface area contributed by atoms with Gasteiger partial charge in [-0.25, -0.2) is 8.42 Å². The van der Waals surface area contributed by atoms with Crippen LogP contribution in [0.5, 0.6) is 5.75 Å². The van der Waals surface area contributed by atoms with Gasteiger partial charge in [0.2, 0.25) is 0 Å². The zero-order valence-electron chi connectivity index (χ0n) is 14.4. The minimum absolute atomic E-state index is 0.230. The molecule has 0 fully saturated rings. The monoisotopic (exact) mass is 382 g/mol. The van der Waals surface area contributed by atoms with Crippen LogP contribution in [-0.4, -0.2) is 20.9 Å². The van der Waals surface area contributed by atoms with E-state index in [-0.39, 0.29) is 11.5 Å². The summed E-state index contributed by atoms with van der Waals surface area (Å²) < 4.78 is 33.7. The lowest BCUT2D eigenvalue weighted by atomic mass is 10.1. The van der Waals surface area contributed by atoms with Crippen LogP contribution in [0, 0.1) is 0 Å². The van der Waals surface area contributed by atoms with Gasteiger partial charge in [0.1, 0.15) is 5.75 Å². The zero-order valence-corrected chi connectivity index (χ0v) is 15.3. The number of anilines is 1. The molecule has 0 saturated heterocycles. The normalized spacial score (nSPS) is 12.9. The van der Waals surface area contributed by atoms with Crippen LogP contribution in [0.1, 0.15) is 11.1 Å². The van der Waals surface area contributed by atoms with Crippen LogP contribution >= 0.6 is 0 Å². The number of carbonyl (C=O) groups excluding carboxylic acids is 1. The summed E-state index contributed by atoms with van der Waals surface area (Å²) in [6.45, 7) is -0.230. The molecule has 0 heterocycles. The van der Waals surface area contributed by atoms with E-state index in [4.69, 9.17) is 10.5 Å². The Morgan fingerprint density at radius 1 is 1.00 bits per heavy atom. The molecule has 0 aromatic heterocycles. The summed E-state index contributed by atoms with van der Waals surface area (Å²) in [5, 5.41) is 1.80. The maximum absolute atomic E-state index is 13.0. The van der Waals surface area contributed by atoms with Crippen LogP contribution < -0.4 is 15.2 Å². The Morgan fingerprint density at radius 2 is 1.70 bits per heavy atom. The number of sulfonamides is 1. The molecule has 4 rings (SSSR count). The number of rotatable bonds is 6. The minimum atomic E-state index is -3.75. The van der Waals surface area contributed by atoms with Crippen molar-refractivity contribution in [3.63, 3.8) is 0 Å². The number of benzene rings is 3. The summed E-state index contributed by atoms with van der Waals surface area (Å²) in [5.74, 6) is -0.145. The molecule has 0 bridgehead atoms. The van der Waals surface area contributed by atoms with Crippen LogP contribution in [-0.2, 0) is 27.7 Å². The number of nitrogens with one attached hydrogen (secondary N) is 1. The minimum Gasteiger partial charge on any atom is -0.484 e. The SMILES string of the molecule is NC(=O)COc1ccc(NS(=O)(=O)c2ccc3c4c(cccc24)CC3)cc1. The van der Waals surface area contributed by atoms with Crippen molar-refractivity contribution in [3.8, 4) is 5.75 Å². The van der Waals surface area contributed by atoms with E-state index in [1.165, 1.54) is 11.1 Å². The molecule has 0 saturated carbocycles. The maximum Gasteiger partial charge on any atom is 0.262 e. The quantitative estimate of drug-likeness (QED) is 0.685. The molecule has 0 radical (unpaired) electrons. The van der Waals surface area contributed by atoms with Crippen LogP contribution in [0.15, 0.2) is 59.5 Å². The van der Waals surface area contributed by atoms with E-state index >= 15 is 0 Å². The average molecular weight is 382 g/mol. The number of ether oxygens (including phenoxy) is 1. The van der Waals surface area contributed by atoms with E-state index in [1.807, 2.05) is 24.3 Å². The average Bonchev–Trinajstić information content (AvgIpc) is 3.06. The van der Waals surface area contributed by atoms with E-state index in [0.717, 1.165) is 23.6 Å². The molecule has 7 heteroatoms. The Hall–Kier alpha value is -3.06. The van der Waals surface area contributed by atoms with Gasteiger partial charge in [0.05, 0.1) is 4.90 Å². The van der Waals surface area contributed by atoms with Gasteiger partial charge in [0.25, 0.3) is 15.9 Å². The fourth-order valence-electron chi connectivity index (χ4n) is 3.44. The van der Waals surface area contributed by atoms with E-state index in [2.05, 4.69) is 4.72 Å². The summed E-state index contributed by atoms with van der Waals surface area (Å²) in [6.07, 6.45) is 1.88. The zero-order chi connectivity index (χ0) is 19.0. The summed E-state index contributed by atoms with van der Waals surface area (Å²) in [6, 6.07) is 15.7. The molecule has 0 aliphatic heterocycles. The molecule has 6 nitrogen and oxygen atoms in total. The molecule has 1 amide bonds. The first-order valence-corrected chi connectivity index (χ1v) is 10.00. The maximum atomic E-state index is 13.0. The van der Waals surface area contributed by atoms with E-state index in [9.17, 15) is 13.2 Å². The topological polar surface area (TPSA) is 98.5 Å². The highest BCUT2D eigenvalue weighted by Crippen LogP contribution is 2.35. The number of nitrogens with two attached hydrogens (primary N) is 1. The van der Waals surface area contributed by atoms with Crippen molar-refractivity contribution in [1.29, 1.82) is 0 Å². The highest BCUT2D eigenvalue weighted by atomic mass is 32.2. The predicted octanol–water partition coefficient (Wildman–Crippen LogP) is 2.60. The predicted molar refractivity (Wildman–Crippen MR) is 103 cm³/mol. The summed E-state index contributed by atoms with van der Waals surface area (Å²) in [5.41, 5.74) is 7.82. The van der Waals surface area contributed by atoms with Crippen LogP contribution in [0.25, 0.3) is 10.8 Å². The summed E-state index contributed by atoms with van der Waals surface area (Å²) in [4.78, 5) is 11.0. The molecule has 27 heavy (non-hydrogen) atoms. The van der Waals surface area contributed by atoms with Crippen molar-refractivity contribution >= 4 is 32.4 Å². The summed E-state index contributed by atoms with van der Waals surface area (Å²) >= 11 is 0. The van der Waals surface area contributed by atoms with E-state index in [0.29, 0.717) is 11.4 Å². The van der Waals surface area contributed by atoms with Gasteiger partial charge in [-0.15, -0.1) is 0 Å². The van der Waals surface area contributed by atoms with Crippen LogP contribution in [0.3, 0.4) is 0 Å². The van der Waals surface area contributed by atoms with Gasteiger partial charge in [-0.3, -0.25) is 9.52 Å². The Kier molecular flexibility index (Phi) is 4.24. The Balaban J connectivity index is 1.63. The van der Waals surface area contributed by atoms with E-state index < -0.39 is 15.9 Å². The van der Waals surface area contributed by atoms with Crippen LogP contribution in [0.4, 0.5) is 5.69 Å². The number of aryl methyl sites for hydroxylation is 2. The fourth-order valence-corrected chi connectivity index (χ4v) is 4.70. The molecule has 1 aliphatic carbocycles. The number of hydrogen-bond acceptors (Lipinski definition) is 4. The standard InChI is InChI=1S/C20H18N2O4S/c21-19(23)12-26-16-9-7-15(8-10-16)22-27(24,25)18-11-6-14-5-4-13-2-1-3-17(18)20(13)14/h1-3,6-11,22H,4-5,12H2,(H2,21,23). The molecule has 138 valence electrons. The van der Waals surface area contributed by atoms with Gasteiger partial charge in [-0.2, -0.15) is 0 Å². The molecular weight excluding hydrogens is 364 g/mol. The van der Waals surface area contributed by atoms with Crippen molar-refractivity contribution in [1.82, 2.24) is 0 Å². The number of amides is 1. The van der Waals surface area contributed by atoms with Gasteiger partial charge in [-0.1, -0.05) is 24.3 Å². The summed E-state index contributed by atoms with van der Waals surface area (Å²) in [7, 11) is -3.75. The molecular formula is C20H18N2O4S. The van der Waals surface area contributed by atoms with Crippen molar-refractivity contribution in [3.05, 3.63) is 65.7 Å². The fraction of sp³-hybridized carbons (Fsp3) is 0.150. The number of primary amides is 1. The highest BCUT2D eigenvalue weighted by Gasteiger charge is 2.22. The first-order chi connectivity index (χ1) is 12.9. The van der Waals surface area contributed by atoms with Gasteiger partial charge in [0.15, 0.2) is 6.61 Å². The van der Waals surface area contributed by atoms with Crippen molar-refractivity contribution < 1.29 is 17.9 Å². The second-order valence-corrected chi connectivity index (χ2v) is 8.10. The van der Waals surface area contributed by atoms with Gasteiger partial charge in [-0.05, 0) is 59.7 Å². The van der Waals surface area contributed by atoms with Crippen molar-refractivity contribution in [2.24, 2.45) is 5.73 Å². The second kappa shape index (κ2) is 6.59. The third kappa shape index (κ3) is 3.33. The lowest BCUT2D eigenvalue weighted by Crippen LogP contribution is -2.20. The molecule has 3 aromatic carbocycles. The lowest BCUT2D eigenvalue weighted by Gasteiger charge is -2.12. The number of carbonyl (C=O) groups is 1. The van der Waals surface area contributed by atoms with Crippen molar-refractivity contribution in [2.45, 2.75) is 17.7 Å². The van der Waals surface area contributed by atoms with E-state index in [1.54, 1.807) is 30.3 Å². The van der Waals surface area contributed by atoms with Crippen LogP contribution in [0.2, 0.25) is 0 Å². The Morgan fingerprint density at radius 3 is 2.41 bits per heavy atom. The lowest BCUT2D eigenvalue weighted by molar-refractivity contribution is -0.119. The second-order valence-electron chi connectivity index (χ2n) is 6.45. The molecule has 0 unspecified atom stereocenters. The first-order valence-electron chi connectivity index (χ1n) is 8.51. The Labute approximate surface area is 157 Å². The largest absolute Gasteiger partial charge is 0.484 e. The third-order valence-electron chi connectivity index (χ3n) is 4.61. The molecule has 0 spiro atoms. The third-order valence-corrected chi connectivity index (χ3v) is 6.05. The first kappa shape index (κ1) is 17.4. The highest BCUT2D eigenvalue weighted by molar-refractivity contribution is 7.93. The molecule has 1 aliphatic rings. The van der Waals surface area contributed by atoms with Gasteiger partial charge in [0, 0.05) is 11.1 Å². The smallest absolute Gasteiger partial charge is 0.262 e. The number of hydrogen-bond donors (Lipinski definition) is 2. The van der Waals surface area contributed by atoms with Crippen molar-refractivity contribution in [2.75, 3.05) is 11.3 Å². The van der Waals surface area contributed by atoms with Gasteiger partial charge < -0.3 is 10.5 Å². The Bertz CT molecular complexity index is 1130. The molecule has 3 aromatic rings. The molecule has 3 N–H and O–H groups in total.